The van der Waals surface area contributed by atoms with Gasteiger partial charge in [-0.05, 0) is 35.3 Å². The minimum Gasteiger partial charge on any atom is -0.274 e. The number of hydrogen-bond acceptors (Lipinski definition) is 7. The van der Waals surface area contributed by atoms with Crippen LogP contribution in [0.15, 0.2) is 28.9 Å². The van der Waals surface area contributed by atoms with Crippen LogP contribution in [0.4, 0.5) is 11.6 Å². The first-order valence-electron chi connectivity index (χ1n) is 8.78. The molecule has 1 aromatic heterocycles. The van der Waals surface area contributed by atoms with Gasteiger partial charge in [-0.15, -0.1) is 0 Å². The average molecular weight is 366 g/mol. The highest BCUT2D eigenvalue weighted by Crippen LogP contribution is 2.42. The van der Waals surface area contributed by atoms with Crippen molar-refractivity contribution in [1.29, 1.82) is 0 Å². The Balaban J connectivity index is 1.56. The normalized spacial score (nSPS) is 24.6. The molecule has 0 N–H and O–H groups in total. The van der Waals surface area contributed by atoms with Crippen LogP contribution < -0.4 is 9.80 Å². The van der Waals surface area contributed by atoms with Crippen LogP contribution >= 0.6 is 0 Å². The summed E-state index contributed by atoms with van der Waals surface area (Å²) < 4.78 is 4.72. The molecule has 0 radical (unpaired) electrons. The molecule has 2 aromatic rings. The number of hydrogen-bond donors (Lipinski definition) is 0. The van der Waals surface area contributed by atoms with Crippen molar-refractivity contribution in [3.8, 4) is 0 Å². The van der Waals surface area contributed by atoms with Crippen molar-refractivity contribution in [2.45, 2.75) is 25.7 Å². The molecule has 0 spiro atoms. The first-order valence-corrected chi connectivity index (χ1v) is 8.78. The SMILES string of the molecule is O=C1c2ccccc2C(=O)N1c1nonc1N1C(=O)C2CCCCC2C1=O. The van der Waals surface area contributed by atoms with E-state index in [9.17, 15) is 19.2 Å². The van der Waals surface area contributed by atoms with Crippen molar-refractivity contribution in [1.82, 2.24) is 10.3 Å². The number of carbonyl (C=O) groups is 4. The van der Waals surface area contributed by atoms with E-state index in [0.29, 0.717) is 12.8 Å². The van der Waals surface area contributed by atoms with Crippen LogP contribution in [0.25, 0.3) is 0 Å². The Hall–Kier alpha value is -3.36. The molecule has 9 nitrogen and oxygen atoms in total. The van der Waals surface area contributed by atoms with Gasteiger partial charge in [-0.2, -0.15) is 0 Å². The fourth-order valence-corrected chi connectivity index (χ4v) is 4.21. The molecule has 5 rings (SSSR count). The lowest BCUT2D eigenvalue weighted by Gasteiger charge is -2.19. The summed E-state index contributed by atoms with van der Waals surface area (Å²) in [6.07, 6.45) is 3.05. The molecule has 9 heteroatoms. The van der Waals surface area contributed by atoms with E-state index in [2.05, 4.69) is 10.3 Å². The molecule has 1 aliphatic carbocycles. The Kier molecular flexibility index (Phi) is 3.27. The number of carbonyl (C=O) groups excluding carboxylic acids is 4. The highest BCUT2D eigenvalue weighted by Gasteiger charge is 2.52. The van der Waals surface area contributed by atoms with Gasteiger partial charge in [-0.3, -0.25) is 19.2 Å². The number of nitrogens with zero attached hydrogens (tertiary/aromatic N) is 4. The third-order valence-electron chi connectivity index (χ3n) is 5.51. The summed E-state index contributed by atoms with van der Waals surface area (Å²) >= 11 is 0. The largest absolute Gasteiger partial charge is 0.274 e. The summed E-state index contributed by atoms with van der Waals surface area (Å²) in [6.45, 7) is 0. The first-order chi connectivity index (χ1) is 13.1. The van der Waals surface area contributed by atoms with Crippen LogP contribution in [0.5, 0.6) is 0 Å². The van der Waals surface area contributed by atoms with Gasteiger partial charge in [-0.25, -0.2) is 14.4 Å². The van der Waals surface area contributed by atoms with E-state index in [1.165, 1.54) is 12.1 Å². The number of anilines is 2. The second-order valence-electron chi connectivity index (χ2n) is 6.91. The molecule has 1 saturated carbocycles. The average Bonchev–Trinajstić information content (AvgIpc) is 3.32. The molecule has 136 valence electrons. The van der Waals surface area contributed by atoms with Gasteiger partial charge < -0.3 is 0 Å². The second-order valence-corrected chi connectivity index (χ2v) is 6.91. The van der Waals surface area contributed by atoms with E-state index >= 15 is 0 Å². The van der Waals surface area contributed by atoms with E-state index in [4.69, 9.17) is 4.63 Å². The van der Waals surface area contributed by atoms with Gasteiger partial charge in [0.05, 0.1) is 23.0 Å². The molecule has 2 aliphatic heterocycles. The van der Waals surface area contributed by atoms with E-state index in [0.717, 1.165) is 22.6 Å². The fraction of sp³-hybridized carbons (Fsp3) is 0.333. The number of benzene rings is 1. The van der Waals surface area contributed by atoms with Crippen LogP contribution in [-0.4, -0.2) is 33.9 Å². The Morgan fingerprint density at radius 3 is 1.78 bits per heavy atom. The maximum absolute atomic E-state index is 12.8. The first kappa shape index (κ1) is 15.9. The quantitative estimate of drug-likeness (QED) is 0.741. The minimum absolute atomic E-state index is 0.200. The van der Waals surface area contributed by atoms with E-state index in [1.807, 2.05) is 0 Å². The van der Waals surface area contributed by atoms with Crippen LogP contribution in [0.1, 0.15) is 46.4 Å². The molecule has 2 unspecified atom stereocenters. The smallest absolute Gasteiger partial charge is 0.267 e. The molecule has 27 heavy (non-hydrogen) atoms. The standard InChI is InChI=1S/C18H14N4O5/c23-15-9-5-1-2-6-10(9)16(24)21(15)13-14(20-27-19-13)22-17(25)11-7-3-4-8-12(11)18(22)26/h1-2,5-6,11-12H,3-4,7-8H2. The topological polar surface area (TPSA) is 114 Å². The Morgan fingerprint density at radius 2 is 1.26 bits per heavy atom. The predicted molar refractivity (Wildman–Crippen MR) is 89.8 cm³/mol. The molecule has 4 amide bonds. The van der Waals surface area contributed by atoms with E-state index in [-0.39, 0.29) is 34.6 Å². The third-order valence-corrected chi connectivity index (χ3v) is 5.51. The Labute approximate surface area is 152 Å². The molecule has 1 aromatic carbocycles. The second kappa shape index (κ2) is 5.57. The van der Waals surface area contributed by atoms with Crippen molar-refractivity contribution in [2.24, 2.45) is 11.8 Å². The van der Waals surface area contributed by atoms with Crippen LogP contribution in [0, 0.1) is 11.8 Å². The third kappa shape index (κ3) is 2.05. The minimum atomic E-state index is -0.593. The lowest BCUT2D eigenvalue weighted by Crippen LogP contribution is -2.35. The molecule has 2 atom stereocenters. The Bertz CT molecular complexity index is 954. The number of fused-ring (bicyclic) bond motifs is 2. The maximum Gasteiger partial charge on any atom is 0.267 e. The Morgan fingerprint density at radius 1 is 0.778 bits per heavy atom. The monoisotopic (exact) mass is 366 g/mol. The molecule has 3 heterocycles. The van der Waals surface area contributed by atoms with Crippen molar-refractivity contribution in [3.63, 3.8) is 0 Å². The lowest BCUT2D eigenvalue weighted by atomic mass is 9.81. The molecular formula is C18H14N4O5. The van der Waals surface area contributed by atoms with Gasteiger partial charge in [-0.1, -0.05) is 25.0 Å². The van der Waals surface area contributed by atoms with Crippen LogP contribution in [-0.2, 0) is 9.59 Å². The van der Waals surface area contributed by atoms with Crippen molar-refractivity contribution in [2.75, 3.05) is 9.80 Å². The number of rotatable bonds is 2. The van der Waals surface area contributed by atoms with Crippen LogP contribution in [0.2, 0.25) is 0 Å². The predicted octanol–water partition coefficient (Wildman–Crippen LogP) is 1.55. The number of aromatic nitrogens is 2. The summed E-state index contributed by atoms with van der Waals surface area (Å²) in [5.74, 6) is -3.16. The van der Waals surface area contributed by atoms with Gasteiger partial charge in [0, 0.05) is 0 Å². The fourth-order valence-electron chi connectivity index (χ4n) is 4.21. The maximum atomic E-state index is 12.8. The van der Waals surface area contributed by atoms with E-state index < -0.39 is 23.7 Å². The zero-order chi connectivity index (χ0) is 18.7. The van der Waals surface area contributed by atoms with Crippen molar-refractivity contribution >= 4 is 35.3 Å². The highest BCUT2D eigenvalue weighted by molar-refractivity contribution is 6.35. The molecule has 3 aliphatic rings. The summed E-state index contributed by atoms with van der Waals surface area (Å²) in [7, 11) is 0. The van der Waals surface area contributed by atoms with Crippen molar-refractivity contribution < 1.29 is 23.8 Å². The van der Waals surface area contributed by atoms with E-state index in [1.54, 1.807) is 12.1 Å². The molecule has 1 saturated heterocycles. The van der Waals surface area contributed by atoms with Gasteiger partial charge >= 0.3 is 0 Å². The van der Waals surface area contributed by atoms with Gasteiger partial charge in [0.2, 0.25) is 23.5 Å². The lowest BCUT2D eigenvalue weighted by molar-refractivity contribution is -0.122. The summed E-state index contributed by atoms with van der Waals surface area (Å²) in [6, 6.07) is 6.36. The summed E-state index contributed by atoms with van der Waals surface area (Å²) in [4.78, 5) is 52.7. The summed E-state index contributed by atoms with van der Waals surface area (Å²) in [5.41, 5.74) is 0.452. The number of amides is 4. The zero-order valence-corrected chi connectivity index (χ0v) is 14.1. The van der Waals surface area contributed by atoms with Gasteiger partial charge in [0.15, 0.2) is 0 Å². The molecule has 0 bridgehead atoms. The molecular weight excluding hydrogens is 352 g/mol. The van der Waals surface area contributed by atoms with Crippen LogP contribution in [0.3, 0.4) is 0 Å². The number of imide groups is 2. The van der Waals surface area contributed by atoms with Gasteiger partial charge in [0.25, 0.3) is 11.8 Å². The zero-order valence-electron chi connectivity index (χ0n) is 14.1. The van der Waals surface area contributed by atoms with Crippen molar-refractivity contribution in [3.05, 3.63) is 35.4 Å². The van der Waals surface area contributed by atoms with Gasteiger partial charge in [0.1, 0.15) is 0 Å². The molecule has 2 fully saturated rings. The summed E-state index contributed by atoms with van der Waals surface area (Å²) in [5, 5.41) is 7.35. The highest BCUT2D eigenvalue weighted by atomic mass is 16.6.